The van der Waals surface area contributed by atoms with Crippen LogP contribution in [0.15, 0.2) is 82.2 Å². The number of hydrogen-bond acceptors (Lipinski definition) is 5. The van der Waals surface area contributed by atoms with Crippen molar-refractivity contribution in [2.24, 2.45) is 0 Å². The number of sulfonamides is 1. The fourth-order valence-corrected chi connectivity index (χ4v) is 6.11. The molecule has 3 aromatic rings. The van der Waals surface area contributed by atoms with Crippen molar-refractivity contribution in [3.63, 3.8) is 0 Å². The van der Waals surface area contributed by atoms with Gasteiger partial charge in [-0.05, 0) is 79.9 Å². The quantitative estimate of drug-likeness (QED) is 0.227. The molecule has 1 unspecified atom stereocenters. The Hall–Kier alpha value is -3.08. The number of rotatable bonds is 14. The SMILES string of the molecule is CCCNC(=O)C(CC)N(Cc1ccccc1Cl)C(=O)CN(c1ccc(OCC)cc1)S(=O)(=O)c1ccc(Br)cc1. The van der Waals surface area contributed by atoms with Gasteiger partial charge in [0, 0.05) is 22.6 Å². The van der Waals surface area contributed by atoms with Gasteiger partial charge in [-0.15, -0.1) is 0 Å². The molecule has 0 saturated heterocycles. The van der Waals surface area contributed by atoms with Crippen LogP contribution in [0, 0.1) is 0 Å². The topological polar surface area (TPSA) is 96.0 Å². The molecular weight excluding hydrogens is 630 g/mol. The summed E-state index contributed by atoms with van der Waals surface area (Å²) in [7, 11) is -4.17. The van der Waals surface area contributed by atoms with Crippen molar-refractivity contribution in [3.05, 3.63) is 87.9 Å². The molecule has 0 aliphatic heterocycles. The van der Waals surface area contributed by atoms with Crippen LogP contribution >= 0.6 is 27.5 Å². The molecule has 0 heterocycles. The van der Waals surface area contributed by atoms with E-state index in [2.05, 4.69) is 21.2 Å². The lowest BCUT2D eigenvalue weighted by Gasteiger charge is -2.33. The lowest BCUT2D eigenvalue weighted by molar-refractivity contribution is -0.140. The molecule has 0 aromatic heterocycles. The number of halogens is 2. The van der Waals surface area contributed by atoms with Crippen LogP contribution < -0.4 is 14.4 Å². The Kier molecular flexibility index (Phi) is 12.1. The zero-order valence-electron chi connectivity index (χ0n) is 23.3. The molecule has 0 aliphatic carbocycles. The largest absolute Gasteiger partial charge is 0.494 e. The maximum atomic E-state index is 14.1. The Morgan fingerprint density at radius 1 is 0.976 bits per heavy atom. The van der Waals surface area contributed by atoms with Gasteiger partial charge in [-0.2, -0.15) is 0 Å². The fraction of sp³-hybridized carbons (Fsp3) is 0.333. The van der Waals surface area contributed by atoms with Crippen LogP contribution in [-0.2, 0) is 26.2 Å². The highest BCUT2D eigenvalue weighted by molar-refractivity contribution is 9.10. The Labute approximate surface area is 255 Å². The third kappa shape index (κ3) is 8.47. The van der Waals surface area contributed by atoms with Crippen molar-refractivity contribution in [2.45, 2.75) is 51.1 Å². The second kappa shape index (κ2) is 15.2. The molecule has 8 nitrogen and oxygen atoms in total. The predicted octanol–water partition coefficient (Wildman–Crippen LogP) is 6.03. The first kappa shape index (κ1) is 32.4. The van der Waals surface area contributed by atoms with Crippen LogP contribution in [0.25, 0.3) is 0 Å². The average Bonchev–Trinajstić information content (AvgIpc) is 2.96. The summed E-state index contributed by atoms with van der Waals surface area (Å²) in [4.78, 5) is 28.7. The maximum Gasteiger partial charge on any atom is 0.264 e. The van der Waals surface area contributed by atoms with Crippen molar-refractivity contribution in [1.82, 2.24) is 10.2 Å². The number of ether oxygens (including phenoxy) is 1. The third-order valence-electron chi connectivity index (χ3n) is 6.35. The average molecular weight is 665 g/mol. The highest BCUT2D eigenvalue weighted by Crippen LogP contribution is 2.28. The molecule has 2 amide bonds. The molecule has 0 bridgehead atoms. The molecule has 41 heavy (non-hydrogen) atoms. The van der Waals surface area contributed by atoms with Crippen molar-refractivity contribution in [3.8, 4) is 5.75 Å². The minimum Gasteiger partial charge on any atom is -0.494 e. The molecule has 3 rings (SSSR count). The normalized spacial score (nSPS) is 11.9. The van der Waals surface area contributed by atoms with Crippen LogP contribution in [0.4, 0.5) is 5.69 Å². The Morgan fingerprint density at radius 2 is 1.63 bits per heavy atom. The lowest BCUT2D eigenvalue weighted by Crippen LogP contribution is -2.52. The fourth-order valence-electron chi connectivity index (χ4n) is 4.23. The molecule has 3 aromatic carbocycles. The van der Waals surface area contributed by atoms with Crippen LogP contribution in [-0.4, -0.2) is 50.9 Å². The number of benzene rings is 3. The Morgan fingerprint density at radius 3 is 2.22 bits per heavy atom. The first-order valence-electron chi connectivity index (χ1n) is 13.4. The van der Waals surface area contributed by atoms with Gasteiger partial charge in [0.25, 0.3) is 10.0 Å². The second-order valence-corrected chi connectivity index (χ2v) is 12.4. The smallest absolute Gasteiger partial charge is 0.264 e. The summed E-state index contributed by atoms with van der Waals surface area (Å²) < 4.78 is 35.2. The summed E-state index contributed by atoms with van der Waals surface area (Å²) in [6.07, 6.45) is 1.06. The van der Waals surface area contributed by atoms with Crippen LogP contribution in [0.1, 0.15) is 39.2 Å². The Balaban J connectivity index is 2.06. The molecule has 0 saturated carbocycles. The molecule has 220 valence electrons. The van der Waals surface area contributed by atoms with Crippen molar-refractivity contribution in [2.75, 3.05) is 24.0 Å². The molecule has 0 aliphatic rings. The van der Waals surface area contributed by atoms with Gasteiger partial charge in [0.05, 0.1) is 17.2 Å². The number of anilines is 1. The van der Waals surface area contributed by atoms with Crippen molar-refractivity contribution < 1.29 is 22.7 Å². The minimum atomic E-state index is -4.17. The number of carbonyl (C=O) groups is 2. The molecule has 0 radical (unpaired) electrons. The molecule has 11 heteroatoms. The monoisotopic (exact) mass is 663 g/mol. The van der Waals surface area contributed by atoms with Crippen LogP contribution in [0.5, 0.6) is 5.75 Å². The summed E-state index contributed by atoms with van der Waals surface area (Å²) in [6, 6.07) is 18.9. The number of nitrogens with one attached hydrogen (secondary N) is 1. The van der Waals surface area contributed by atoms with E-state index in [0.29, 0.717) is 35.9 Å². The van der Waals surface area contributed by atoms with Gasteiger partial charge >= 0.3 is 0 Å². The van der Waals surface area contributed by atoms with Gasteiger partial charge < -0.3 is 15.0 Å². The standard InChI is InChI=1S/C30H35BrClN3O5S/c1-4-19-33-30(37)28(5-2)34(20-22-9-7-8-10-27(22)32)29(36)21-35(24-13-15-25(16-14-24)40-6-3)41(38,39)26-17-11-23(31)12-18-26/h7-18,28H,4-6,19-21H2,1-3H3,(H,33,37). The van der Waals surface area contributed by atoms with Gasteiger partial charge in [0.1, 0.15) is 18.3 Å². The summed E-state index contributed by atoms with van der Waals surface area (Å²) in [5, 5.41) is 3.31. The van der Waals surface area contributed by atoms with E-state index in [1.165, 1.54) is 17.0 Å². The number of amides is 2. The lowest BCUT2D eigenvalue weighted by atomic mass is 10.1. The van der Waals surface area contributed by atoms with Crippen molar-refractivity contribution >= 4 is 55.1 Å². The van der Waals surface area contributed by atoms with E-state index in [1.807, 2.05) is 20.8 Å². The zero-order chi connectivity index (χ0) is 30.0. The van der Waals surface area contributed by atoms with E-state index in [4.69, 9.17) is 16.3 Å². The van der Waals surface area contributed by atoms with Gasteiger partial charge in [0.2, 0.25) is 11.8 Å². The molecule has 1 N–H and O–H groups in total. The molecule has 0 fully saturated rings. The third-order valence-corrected chi connectivity index (χ3v) is 9.04. The summed E-state index contributed by atoms with van der Waals surface area (Å²) >= 11 is 9.77. The zero-order valence-corrected chi connectivity index (χ0v) is 26.5. The summed E-state index contributed by atoms with van der Waals surface area (Å²) in [6.45, 7) is 6.01. The van der Waals surface area contributed by atoms with Gasteiger partial charge in [-0.3, -0.25) is 13.9 Å². The van der Waals surface area contributed by atoms with E-state index < -0.39 is 28.5 Å². The summed E-state index contributed by atoms with van der Waals surface area (Å²) in [5.41, 5.74) is 0.929. The predicted molar refractivity (Wildman–Crippen MR) is 166 cm³/mol. The number of nitrogens with zero attached hydrogens (tertiary/aromatic N) is 2. The minimum absolute atomic E-state index is 0.0211. The van der Waals surface area contributed by atoms with Crippen LogP contribution in [0.3, 0.4) is 0 Å². The molecule has 1 atom stereocenters. The van der Waals surface area contributed by atoms with Crippen LogP contribution in [0.2, 0.25) is 5.02 Å². The molecular formula is C30H35BrClN3O5S. The first-order valence-corrected chi connectivity index (χ1v) is 16.0. The number of carbonyl (C=O) groups excluding carboxylic acids is 2. The Bertz CT molecular complexity index is 1420. The maximum absolute atomic E-state index is 14.1. The van der Waals surface area contributed by atoms with E-state index >= 15 is 0 Å². The van der Waals surface area contributed by atoms with E-state index in [-0.39, 0.29) is 23.0 Å². The van der Waals surface area contributed by atoms with Crippen molar-refractivity contribution in [1.29, 1.82) is 0 Å². The van der Waals surface area contributed by atoms with Gasteiger partial charge in [0.15, 0.2) is 0 Å². The van der Waals surface area contributed by atoms with Gasteiger partial charge in [-0.1, -0.05) is 59.6 Å². The molecule has 0 spiro atoms. The number of hydrogen-bond donors (Lipinski definition) is 1. The highest BCUT2D eigenvalue weighted by Gasteiger charge is 2.34. The first-order chi connectivity index (χ1) is 19.6. The van der Waals surface area contributed by atoms with E-state index in [9.17, 15) is 18.0 Å². The summed E-state index contributed by atoms with van der Waals surface area (Å²) in [5.74, 6) is -0.279. The van der Waals surface area contributed by atoms with Gasteiger partial charge in [-0.25, -0.2) is 8.42 Å². The highest BCUT2D eigenvalue weighted by atomic mass is 79.9. The second-order valence-electron chi connectivity index (χ2n) is 9.22. The van der Waals surface area contributed by atoms with E-state index in [0.717, 1.165) is 15.2 Å². The van der Waals surface area contributed by atoms with E-state index in [1.54, 1.807) is 60.7 Å².